The molecule has 2 atom stereocenters. The largest absolute Gasteiger partial charge is 0.450 e. The number of amides is 4. The first kappa shape index (κ1) is 19.5. The molecule has 1 rings (SSSR count). The van der Waals surface area contributed by atoms with Gasteiger partial charge in [-0.2, -0.15) is 0 Å². The summed E-state index contributed by atoms with van der Waals surface area (Å²) in [5.74, 6) is -1.49. The van der Waals surface area contributed by atoms with Gasteiger partial charge in [-0.3, -0.25) is 14.4 Å². The molecule has 2 unspecified atom stereocenters. The van der Waals surface area contributed by atoms with Gasteiger partial charge in [-0.05, 0) is 26.2 Å². The van der Waals surface area contributed by atoms with Crippen LogP contribution in [0, 0.1) is 0 Å². The monoisotopic (exact) mass is 340 g/mol. The lowest BCUT2D eigenvalue weighted by Crippen LogP contribution is -2.53. The van der Waals surface area contributed by atoms with Crippen LogP contribution in [0.25, 0.3) is 0 Å². The average Bonchev–Trinajstić information content (AvgIpc) is 3.02. The van der Waals surface area contributed by atoms with Gasteiger partial charge in [0, 0.05) is 6.54 Å². The molecule has 9 nitrogen and oxygen atoms in total. The standard InChI is InChI=1S/C15H24N4O5/c1-3-6-10(13(16)21)18-14(22)11-7-5-8-19(11)12(20)9-17-15(23)24-4-2/h3,10-11H,1,4-9H2,2H3,(H2,16,21)(H,17,23)(H,18,22). The van der Waals surface area contributed by atoms with Crippen LogP contribution in [0.2, 0.25) is 0 Å². The number of nitrogens with two attached hydrogens (primary N) is 1. The Labute approximate surface area is 140 Å². The van der Waals surface area contributed by atoms with Crippen LogP contribution in [-0.2, 0) is 19.1 Å². The number of primary amides is 1. The number of alkyl carbamates (subject to hydrolysis) is 1. The van der Waals surface area contributed by atoms with E-state index >= 15 is 0 Å². The first-order valence-corrected chi connectivity index (χ1v) is 7.81. The molecule has 134 valence electrons. The van der Waals surface area contributed by atoms with Crippen molar-refractivity contribution in [2.45, 2.75) is 38.3 Å². The zero-order valence-corrected chi connectivity index (χ0v) is 13.7. The van der Waals surface area contributed by atoms with Crippen LogP contribution >= 0.6 is 0 Å². The van der Waals surface area contributed by atoms with Gasteiger partial charge in [-0.15, -0.1) is 6.58 Å². The lowest BCUT2D eigenvalue weighted by Gasteiger charge is -2.25. The summed E-state index contributed by atoms with van der Waals surface area (Å²) in [6, 6.07) is -1.54. The summed E-state index contributed by atoms with van der Waals surface area (Å²) in [5, 5.41) is 4.87. The summed E-state index contributed by atoms with van der Waals surface area (Å²) in [7, 11) is 0. The fourth-order valence-electron chi connectivity index (χ4n) is 2.45. The van der Waals surface area contributed by atoms with E-state index in [1.165, 1.54) is 11.0 Å². The van der Waals surface area contributed by atoms with E-state index in [0.717, 1.165) is 0 Å². The van der Waals surface area contributed by atoms with E-state index < -0.39 is 30.0 Å². The van der Waals surface area contributed by atoms with E-state index in [4.69, 9.17) is 5.73 Å². The van der Waals surface area contributed by atoms with Gasteiger partial charge in [0.05, 0.1) is 6.61 Å². The van der Waals surface area contributed by atoms with Crippen molar-refractivity contribution in [2.75, 3.05) is 19.7 Å². The third-order valence-electron chi connectivity index (χ3n) is 3.60. The maximum atomic E-state index is 12.3. The van der Waals surface area contributed by atoms with Crippen LogP contribution in [-0.4, -0.2) is 60.5 Å². The maximum absolute atomic E-state index is 12.3. The molecule has 9 heteroatoms. The van der Waals surface area contributed by atoms with E-state index in [0.29, 0.717) is 19.4 Å². The molecule has 0 radical (unpaired) electrons. The zero-order chi connectivity index (χ0) is 18.1. The molecule has 1 fully saturated rings. The van der Waals surface area contributed by atoms with E-state index in [1.54, 1.807) is 6.92 Å². The van der Waals surface area contributed by atoms with Crippen LogP contribution in [0.4, 0.5) is 4.79 Å². The average molecular weight is 340 g/mol. The van der Waals surface area contributed by atoms with Gasteiger partial charge in [0.15, 0.2) is 0 Å². The molecular formula is C15H24N4O5. The Bertz CT molecular complexity index is 508. The number of ether oxygens (including phenoxy) is 1. The quantitative estimate of drug-likeness (QED) is 0.501. The van der Waals surface area contributed by atoms with Crippen LogP contribution in [0.15, 0.2) is 12.7 Å². The number of rotatable bonds is 8. The van der Waals surface area contributed by atoms with Gasteiger partial charge in [0.1, 0.15) is 18.6 Å². The molecule has 0 spiro atoms. The highest BCUT2D eigenvalue weighted by molar-refractivity contribution is 5.92. The van der Waals surface area contributed by atoms with Crippen molar-refractivity contribution >= 4 is 23.8 Å². The molecule has 0 aromatic carbocycles. The zero-order valence-electron chi connectivity index (χ0n) is 13.7. The number of nitrogens with one attached hydrogen (secondary N) is 2. The van der Waals surface area contributed by atoms with Crippen LogP contribution < -0.4 is 16.4 Å². The van der Waals surface area contributed by atoms with E-state index in [-0.39, 0.29) is 25.5 Å². The predicted octanol–water partition coefficient (Wildman–Crippen LogP) is -0.730. The van der Waals surface area contributed by atoms with Gasteiger partial charge in [-0.1, -0.05) is 6.08 Å². The number of carbonyl (C=O) groups is 4. The van der Waals surface area contributed by atoms with Crippen LogP contribution in [0.5, 0.6) is 0 Å². The summed E-state index contributed by atoms with van der Waals surface area (Å²) in [5.41, 5.74) is 5.23. The number of hydrogen-bond donors (Lipinski definition) is 3. The van der Waals surface area contributed by atoms with Crippen molar-refractivity contribution in [1.82, 2.24) is 15.5 Å². The van der Waals surface area contributed by atoms with Gasteiger partial charge in [0.2, 0.25) is 17.7 Å². The first-order valence-electron chi connectivity index (χ1n) is 7.81. The minimum Gasteiger partial charge on any atom is -0.450 e. The Hall–Kier alpha value is -2.58. The highest BCUT2D eigenvalue weighted by Crippen LogP contribution is 2.17. The summed E-state index contributed by atoms with van der Waals surface area (Å²) >= 11 is 0. The Morgan fingerprint density at radius 1 is 1.42 bits per heavy atom. The lowest BCUT2D eigenvalue weighted by molar-refractivity contribution is -0.138. The molecule has 24 heavy (non-hydrogen) atoms. The van der Waals surface area contributed by atoms with Crippen molar-refractivity contribution in [3.8, 4) is 0 Å². The molecule has 1 aliphatic heterocycles. The molecule has 0 saturated carbocycles. The summed E-state index contributed by atoms with van der Waals surface area (Å²) in [4.78, 5) is 48.4. The Kier molecular flexibility index (Phi) is 7.73. The van der Waals surface area contributed by atoms with Crippen molar-refractivity contribution < 1.29 is 23.9 Å². The van der Waals surface area contributed by atoms with Gasteiger partial charge in [0.25, 0.3) is 0 Å². The summed E-state index contributed by atoms with van der Waals surface area (Å²) < 4.78 is 4.67. The number of carbonyl (C=O) groups excluding carboxylic acids is 4. The summed E-state index contributed by atoms with van der Waals surface area (Å²) in [6.45, 7) is 5.52. The number of likely N-dealkylation sites (tertiary alicyclic amines) is 1. The Morgan fingerprint density at radius 3 is 2.71 bits per heavy atom. The van der Waals surface area contributed by atoms with E-state index in [9.17, 15) is 19.2 Å². The number of nitrogens with zero attached hydrogens (tertiary/aromatic N) is 1. The SMILES string of the molecule is C=CCC(NC(=O)C1CCCN1C(=O)CNC(=O)OCC)C(N)=O. The van der Waals surface area contributed by atoms with E-state index in [2.05, 4.69) is 21.9 Å². The molecule has 1 aliphatic rings. The lowest BCUT2D eigenvalue weighted by atomic mass is 10.1. The van der Waals surface area contributed by atoms with Crippen molar-refractivity contribution in [3.05, 3.63) is 12.7 Å². The molecule has 4 amide bonds. The summed E-state index contributed by atoms with van der Waals surface area (Å²) in [6.07, 6.45) is 2.15. The second kappa shape index (κ2) is 9.53. The minimum absolute atomic E-state index is 0.201. The Morgan fingerprint density at radius 2 is 2.12 bits per heavy atom. The minimum atomic E-state index is -0.856. The highest BCUT2D eigenvalue weighted by Gasteiger charge is 2.35. The van der Waals surface area contributed by atoms with Gasteiger partial charge >= 0.3 is 6.09 Å². The molecular weight excluding hydrogens is 316 g/mol. The van der Waals surface area contributed by atoms with Crippen molar-refractivity contribution in [3.63, 3.8) is 0 Å². The smallest absolute Gasteiger partial charge is 0.407 e. The second-order valence-electron chi connectivity index (χ2n) is 5.31. The number of hydrogen-bond acceptors (Lipinski definition) is 5. The third kappa shape index (κ3) is 5.56. The first-order chi connectivity index (χ1) is 11.4. The third-order valence-corrected chi connectivity index (χ3v) is 3.60. The fourth-order valence-corrected chi connectivity index (χ4v) is 2.45. The molecule has 1 heterocycles. The highest BCUT2D eigenvalue weighted by atomic mass is 16.5. The van der Waals surface area contributed by atoms with Crippen molar-refractivity contribution in [2.24, 2.45) is 5.73 Å². The maximum Gasteiger partial charge on any atom is 0.407 e. The molecule has 4 N–H and O–H groups in total. The normalized spacial score (nSPS) is 17.7. The van der Waals surface area contributed by atoms with E-state index in [1.807, 2.05) is 0 Å². The molecule has 0 aliphatic carbocycles. The van der Waals surface area contributed by atoms with Crippen molar-refractivity contribution in [1.29, 1.82) is 0 Å². The van der Waals surface area contributed by atoms with Gasteiger partial charge < -0.3 is 26.0 Å². The van der Waals surface area contributed by atoms with Crippen LogP contribution in [0.1, 0.15) is 26.2 Å². The molecule has 0 bridgehead atoms. The predicted molar refractivity (Wildman–Crippen MR) is 85.7 cm³/mol. The fraction of sp³-hybridized carbons (Fsp3) is 0.600. The molecule has 1 saturated heterocycles. The van der Waals surface area contributed by atoms with Gasteiger partial charge in [-0.25, -0.2) is 4.79 Å². The second-order valence-corrected chi connectivity index (χ2v) is 5.31. The molecule has 0 aromatic rings. The van der Waals surface area contributed by atoms with Crippen LogP contribution in [0.3, 0.4) is 0 Å². The topological polar surface area (TPSA) is 131 Å². The molecule has 0 aromatic heterocycles. The Balaban J connectivity index is 2.61.